The normalized spacial score (nSPS) is 23.1. The molecule has 0 saturated heterocycles. The van der Waals surface area contributed by atoms with E-state index in [9.17, 15) is 0 Å². The number of fused-ring (bicyclic) bond motifs is 1. The lowest BCUT2D eigenvalue weighted by Crippen LogP contribution is -2.29. The lowest BCUT2D eigenvalue weighted by molar-refractivity contribution is 0.381. The highest BCUT2D eigenvalue weighted by molar-refractivity contribution is 7.79. The van der Waals surface area contributed by atoms with Crippen molar-refractivity contribution in [3.63, 3.8) is 0 Å². The van der Waals surface area contributed by atoms with Crippen molar-refractivity contribution in [2.45, 2.75) is 18.9 Å². The van der Waals surface area contributed by atoms with Crippen molar-refractivity contribution in [1.82, 2.24) is 5.32 Å². The molecule has 0 saturated carbocycles. The predicted molar refractivity (Wildman–Crippen MR) is 56.7 cm³/mol. The molecule has 84 valence electrons. The summed E-state index contributed by atoms with van der Waals surface area (Å²) in [6.07, 6.45) is 13.1. The zero-order valence-corrected chi connectivity index (χ0v) is 8.81. The molecule has 6 heteroatoms. The van der Waals surface area contributed by atoms with Crippen molar-refractivity contribution in [3.05, 3.63) is 36.1 Å². The van der Waals surface area contributed by atoms with Crippen molar-refractivity contribution in [2.24, 2.45) is 0 Å². The summed E-state index contributed by atoms with van der Waals surface area (Å²) in [5.41, 5.74) is 1.52. The van der Waals surface area contributed by atoms with Gasteiger partial charge in [-0.1, -0.05) is 18.2 Å². The van der Waals surface area contributed by atoms with Crippen LogP contribution in [0.25, 0.3) is 0 Å². The van der Waals surface area contributed by atoms with Gasteiger partial charge < -0.3 is 5.32 Å². The fraction of sp³-hybridized carbons (Fsp3) is 0.333. The number of hydrogen-bond donors (Lipinski definition) is 3. The van der Waals surface area contributed by atoms with Crippen LogP contribution in [0.3, 0.4) is 0 Å². The highest BCUT2D eigenvalue weighted by Gasteiger charge is 2.14. The average molecular weight is 231 g/mol. The van der Waals surface area contributed by atoms with Gasteiger partial charge in [-0.25, -0.2) is 0 Å². The van der Waals surface area contributed by atoms with E-state index in [1.54, 1.807) is 0 Å². The highest BCUT2D eigenvalue weighted by atomic mass is 32.3. The first-order valence-corrected chi connectivity index (χ1v) is 5.83. The van der Waals surface area contributed by atoms with Crippen molar-refractivity contribution in [2.75, 3.05) is 0 Å². The summed E-state index contributed by atoms with van der Waals surface area (Å²) in [5, 5.41) is 3.32. The van der Waals surface area contributed by atoms with E-state index in [0.717, 1.165) is 12.8 Å². The van der Waals surface area contributed by atoms with Gasteiger partial charge in [-0.2, -0.15) is 8.42 Å². The molecule has 1 unspecified atom stereocenters. The minimum absolute atomic E-state index is 0.593. The zero-order valence-electron chi connectivity index (χ0n) is 8.00. The van der Waals surface area contributed by atoms with Crippen molar-refractivity contribution >= 4 is 10.4 Å². The van der Waals surface area contributed by atoms with Crippen molar-refractivity contribution in [1.29, 1.82) is 0 Å². The van der Waals surface area contributed by atoms with Crippen LogP contribution in [-0.2, 0) is 10.4 Å². The van der Waals surface area contributed by atoms with E-state index in [2.05, 4.69) is 29.6 Å². The molecule has 0 spiro atoms. The minimum Gasteiger partial charge on any atom is -0.384 e. The van der Waals surface area contributed by atoms with Crippen LogP contribution in [0, 0.1) is 0 Å². The smallest absolute Gasteiger partial charge is 0.384 e. The molecule has 15 heavy (non-hydrogen) atoms. The van der Waals surface area contributed by atoms with Crippen LogP contribution in [0.4, 0.5) is 0 Å². The molecule has 0 amide bonds. The Bertz CT molecular complexity index is 386. The molecule has 1 aliphatic heterocycles. The second-order valence-electron chi connectivity index (χ2n) is 3.18. The molecule has 0 aromatic carbocycles. The van der Waals surface area contributed by atoms with Crippen molar-refractivity contribution in [3.8, 4) is 0 Å². The maximum Gasteiger partial charge on any atom is 0.394 e. The minimum atomic E-state index is -4.67. The van der Waals surface area contributed by atoms with E-state index in [1.165, 1.54) is 5.57 Å². The number of nitrogens with one attached hydrogen (secondary N) is 1. The Hall–Kier alpha value is -1.11. The molecule has 0 fully saturated rings. The topological polar surface area (TPSA) is 86.6 Å². The van der Waals surface area contributed by atoms with Crippen LogP contribution in [0.15, 0.2) is 36.1 Å². The summed E-state index contributed by atoms with van der Waals surface area (Å²) in [7, 11) is -4.67. The van der Waals surface area contributed by atoms with E-state index in [4.69, 9.17) is 17.5 Å². The molecular formula is C9H13NO4S. The third-order valence-electron chi connectivity index (χ3n) is 2.04. The van der Waals surface area contributed by atoms with Gasteiger partial charge in [0.05, 0.1) is 6.04 Å². The predicted octanol–water partition coefficient (Wildman–Crippen LogP) is 1.10. The van der Waals surface area contributed by atoms with Gasteiger partial charge in [0.25, 0.3) is 0 Å². The van der Waals surface area contributed by atoms with Gasteiger partial charge in [0.1, 0.15) is 0 Å². The summed E-state index contributed by atoms with van der Waals surface area (Å²) in [4.78, 5) is 0. The third-order valence-corrected chi connectivity index (χ3v) is 2.04. The Balaban J connectivity index is 0.000000195. The maximum atomic E-state index is 8.74. The summed E-state index contributed by atoms with van der Waals surface area (Å²) in [5.74, 6) is 0. The summed E-state index contributed by atoms with van der Waals surface area (Å²) >= 11 is 0. The molecule has 1 aliphatic carbocycles. The van der Waals surface area contributed by atoms with Gasteiger partial charge in [0.2, 0.25) is 0 Å². The van der Waals surface area contributed by atoms with E-state index in [-0.39, 0.29) is 0 Å². The molecule has 2 aliphatic rings. The first-order valence-electron chi connectivity index (χ1n) is 4.43. The van der Waals surface area contributed by atoms with Crippen LogP contribution in [0.2, 0.25) is 0 Å². The standard InChI is InChI=1S/C9H11N.H2O4S/c1-2-6-9-8(4-1)5-3-7-10-9;1-5(2,3)4/h1-3,5,7,9-10H,4,6H2;(H2,1,2,3,4). The molecule has 0 radical (unpaired) electrons. The zero-order chi connectivity index (χ0) is 11.3. The fourth-order valence-corrected chi connectivity index (χ4v) is 1.45. The van der Waals surface area contributed by atoms with E-state index >= 15 is 0 Å². The lowest BCUT2D eigenvalue weighted by Gasteiger charge is -2.24. The van der Waals surface area contributed by atoms with Crippen LogP contribution in [0.5, 0.6) is 0 Å². The van der Waals surface area contributed by atoms with Gasteiger partial charge in [0.15, 0.2) is 0 Å². The Morgan fingerprint density at radius 3 is 2.60 bits per heavy atom. The average Bonchev–Trinajstić information content (AvgIpc) is 2.16. The van der Waals surface area contributed by atoms with Gasteiger partial charge in [-0.15, -0.1) is 0 Å². The second kappa shape index (κ2) is 5.11. The van der Waals surface area contributed by atoms with Crippen LogP contribution in [-0.4, -0.2) is 23.6 Å². The highest BCUT2D eigenvalue weighted by Crippen LogP contribution is 2.19. The Kier molecular flexibility index (Phi) is 4.07. The number of hydrogen-bond acceptors (Lipinski definition) is 3. The van der Waals surface area contributed by atoms with Gasteiger partial charge in [0, 0.05) is 0 Å². The molecule has 0 aromatic heterocycles. The number of dihydropyridines is 1. The summed E-state index contributed by atoms with van der Waals surface area (Å²) in [6.45, 7) is 0. The Morgan fingerprint density at radius 1 is 1.33 bits per heavy atom. The molecule has 0 bridgehead atoms. The summed E-state index contributed by atoms with van der Waals surface area (Å²) in [6, 6.07) is 0.593. The quantitative estimate of drug-likeness (QED) is 0.429. The van der Waals surface area contributed by atoms with Crippen LogP contribution >= 0.6 is 0 Å². The number of rotatable bonds is 0. The second-order valence-corrected chi connectivity index (χ2v) is 4.07. The van der Waals surface area contributed by atoms with E-state index in [0.29, 0.717) is 6.04 Å². The summed E-state index contributed by atoms with van der Waals surface area (Å²) < 4.78 is 31.6. The molecular weight excluding hydrogens is 218 g/mol. The van der Waals surface area contributed by atoms with Crippen LogP contribution < -0.4 is 5.32 Å². The van der Waals surface area contributed by atoms with E-state index in [1.807, 2.05) is 6.20 Å². The van der Waals surface area contributed by atoms with E-state index < -0.39 is 10.4 Å². The molecule has 1 heterocycles. The molecule has 3 N–H and O–H groups in total. The molecule has 1 atom stereocenters. The van der Waals surface area contributed by atoms with Gasteiger partial charge in [-0.3, -0.25) is 9.11 Å². The molecule has 2 rings (SSSR count). The first kappa shape index (κ1) is 12.0. The van der Waals surface area contributed by atoms with Gasteiger partial charge >= 0.3 is 10.4 Å². The third kappa shape index (κ3) is 5.36. The SMILES string of the molecule is C1=CNC2CC=CCC2=C1.O=S(=O)(O)O. The lowest BCUT2D eigenvalue weighted by atomic mass is 9.94. The Morgan fingerprint density at radius 2 is 2.00 bits per heavy atom. The number of allylic oxidation sites excluding steroid dienone is 3. The van der Waals surface area contributed by atoms with Crippen LogP contribution in [0.1, 0.15) is 12.8 Å². The first-order chi connectivity index (χ1) is 6.97. The Labute approximate surface area is 88.8 Å². The van der Waals surface area contributed by atoms with Gasteiger partial charge in [-0.05, 0) is 30.7 Å². The maximum absolute atomic E-state index is 8.74. The fourth-order valence-electron chi connectivity index (χ4n) is 1.45. The molecule has 0 aromatic rings. The molecule has 5 nitrogen and oxygen atoms in total. The van der Waals surface area contributed by atoms with Crippen molar-refractivity contribution < 1.29 is 17.5 Å². The monoisotopic (exact) mass is 231 g/mol. The largest absolute Gasteiger partial charge is 0.394 e.